The molecule has 98 valence electrons. The number of hydrogen-bond acceptors (Lipinski definition) is 2. The summed E-state index contributed by atoms with van der Waals surface area (Å²) in [6, 6.07) is 10.2. The number of carbonyl (C=O) groups excluding carboxylic acids is 1. The Morgan fingerprint density at radius 2 is 2.00 bits per heavy atom. The Bertz CT molecular complexity index is 377. The van der Waals surface area contributed by atoms with Crippen molar-refractivity contribution in [1.82, 2.24) is 10.2 Å². The number of nitrogens with zero attached hydrogens (tertiary/aromatic N) is 1. The van der Waals surface area contributed by atoms with Gasteiger partial charge in [0.25, 0.3) is 0 Å². The summed E-state index contributed by atoms with van der Waals surface area (Å²) in [4.78, 5) is 13.9. The van der Waals surface area contributed by atoms with Crippen LogP contribution in [0.5, 0.6) is 0 Å². The molecule has 1 heterocycles. The standard InChI is InChI=1S/C15H22N2O/c1-2-3-4-8-11-17-14(18)12-16-15(17)13-9-6-5-7-10-13/h5-7,9-10,15-16H,2-4,8,11-12H2,1H3. The molecule has 0 aliphatic carbocycles. The van der Waals surface area contributed by atoms with E-state index in [0.717, 1.165) is 13.0 Å². The van der Waals surface area contributed by atoms with Crippen molar-refractivity contribution < 1.29 is 4.79 Å². The van der Waals surface area contributed by atoms with Crippen molar-refractivity contribution in [3.63, 3.8) is 0 Å². The summed E-state index contributed by atoms with van der Waals surface area (Å²) >= 11 is 0. The smallest absolute Gasteiger partial charge is 0.238 e. The molecule has 1 atom stereocenters. The van der Waals surface area contributed by atoms with E-state index in [4.69, 9.17) is 0 Å². The lowest BCUT2D eigenvalue weighted by atomic mass is 10.1. The van der Waals surface area contributed by atoms with Gasteiger partial charge in [0.05, 0.1) is 6.54 Å². The fraction of sp³-hybridized carbons (Fsp3) is 0.533. The van der Waals surface area contributed by atoms with E-state index in [9.17, 15) is 4.79 Å². The fourth-order valence-electron chi connectivity index (χ4n) is 2.44. The third-order valence-corrected chi connectivity index (χ3v) is 3.45. The van der Waals surface area contributed by atoms with E-state index in [-0.39, 0.29) is 12.1 Å². The minimum atomic E-state index is 0.0697. The minimum Gasteiger partial charge on any atom is -0.322 e. The van der Waals surface area contributed by atoms with Crippen molar-refractivity contribution in [3.8, 4) is 0 Å². The quantitative estimate of drug-likeness (QED) is 0.783. The molecule has 1 aliphatic heterocycles. The Morgan fingerprint density at radius 1 is 1.22 bits per heavy atom. The number of hydrogen-bond donors (Lipinski definition) is 1. The molecule has 1 amide bonds. The van der Waals surface area contributed by atoms with Gasteiger partial charge in [0.15, 0.2) is 0 Å². The first-order valence-corrected chi connectivity index (χ1v) is 6.90. The van der Waals surface area contributed by atoms with Crippen LogP contribution in [0, 0.1) is 0 Å². The SMILES string of the molecule is CCCCCCN1C(=O)CNC1c1ccccc1. The van der Waals surface area contributed by atoms with Gasteiger partial charge in [0.1, 0.15) is 6.17 Å². The first-order valence-electron chi connectivity index (χ1n) is 6.90. The van der Waals surface area contributed by atoms with Gasteiger partial charge in [-0.1, -0.05) is 56.5 Å². The van der Waals surface area contributed by atoms with Gasteiger partial charge in [-0.3, -0.25) is 10.1 Å². The van der Waals surface area contributed by atoms with Crippen LogP contribution in [-0.4, -0.2) is 23.9 Å². The topological polar surface area (TPSA) is 32.3 Å². The van der Waals surface area contributed by atoms with Crippen LogP contribution < -0.4 is 5.32 Å². The lowest BCUT2D eigenvalue weighted by molar-refractivity contribution is -0.128. The van der Waals surface area contributed by atoms with Gasteiger partial charge in [0, 0.05) is 6.54 Å². The van der Waals surface area contributed by atoms with Crippen LogP contribution in [-0.2, 0) is 4.79 Å². The summed E-state index contributed by atoms with van der Waals surface area (Å²) in [6.45, 7) is 3.54. The number of rotatable bonds is 6. The van der Waals surface area contributed by atoms with Gasteiger partial charge < -0.3 is 4.90 Å². The zero-order valence-corrected chi connectivity index (χ0v) is 11.1. The van der Waals surface area contributed by atoms with E-state index >= 15 is 0 Å². The second-order valence-electron chi connectivity index (χ2n) is 4.84. The second-order valence-corrected chi connectivity index (χ2v) is 4.84. The van der Waals surface area contributed by atoms with Crippen LogP contribution in [0.1, 0.15) is 44.3 Å². The lowest BCUT2D eigenvalue weighted by Crippen LogP contribution is -2.31. The van der Waals surface area contributed by atoms with Crippen LogP contribution >= 0.6 is 0 Å². The van der Waals surface area contributed by atoms with Gasteiger partial charge in [-0.25, -0.2) is 0 Å². The predicted molar refractivity (Wildman–Crippen MR) is 73.0 cm³/mol. The zero-order valence-electron chi connectivity index (χ0n) is 11.1. The normalized spacial score (nSPS) is 19.5. The Balaban J connectivity index is 1.95. The monoisotopic (exact) mass is 246 g/mol. The molecule has 1 aromatic rings. The molecular formula is C15H22N2O. The van der Waals surface area contributed by atoms with Crippen molar-refractivity contribution >= 4 is 5.91 Å². The molecule has 1 N–H and O–H groups in total. The van der Waals surface area contributed by atoms with E-state index in [0.29, 0.717) is 6.54 Å². The van der Waals surface area contributed by atoms with E-state index in [1.54, 1.807) is 0 Å². The highest BCUT2D eigenvalue weighted by Gasteiger charge is 2.30. The van der Waals surface area contributed by atoms with E-state index in [1.807, 2.05) is 23.1 Å². The second kappa shape index (κ2) is 6.55. The maximum atomic E-state index is 11.9. The van der Waals surface area contributed by atoms with Crippen molar-refractivity contribution in [3.05, 3.63) is 35.9 Å². The maximum Gasteiger partial charge on any atom is 0.238 e. The molecule has 0 radical (unpaired) electrons. The van der Waals surface area contributed by atoms with Crippen molar-refractivity contribution in [2.75, 3.05) is 13.1 Å². The Morgan fingerprint density at radius 3 is 2.72 bits per heavy atom. The van der Waals surface area contributed by atoms with Gasteiger partial charge >= 0.3 is 0 Å². The largest absolute Gasteiger partial charge is 0.322 e. The summed E-state index contributed by atoms with van der Waals surface area (Å²) in [6.07, 6.45) is 4.87. The molecule has 1 aliphatic rings. The van der Waals surface area contributed by atoms with Crippen LogP contribution in [0.2, 0.25) is 0 Å². The molecule has 1 saturated heterocycles. The van der Waals surface area contributed by atoms with Crippen molar-refractivity contribution in [2.45, 2.75) is 38.8 Å². The number of benzene rings is 1. The number of amides is 1. The summed E-state index contributed by atoms with van der Waals surface area (Å²) in [7, 11) is 0. The molecule has 0 aromatic heterocycles. The highest BCUT2D eigenvalue weighted by atomic mass is 16.2. The molecular weight excluding hydrogens is 224 g/mol. The average Bonchev–Trinajstić information content (AvgIpc) is 2.77. The molecule has 1 fully saturated rings. The van der Waals surface area contributed by atoms with Crippen LogP contribution in [0.3, 0.4) is 0 Å². The minimum absolute atomic E-state index is 0.0697. The van der Waals surface area contributed by atoms with Crippen LogP contribution in [0.4, 0.5) is 0 Å². The fourth-order valence-corrected chi connectivity index (χ4v) is 2.44. The molecule has 3 nitrogen and oxygen atoms in total. The molecule has 2 rings (SSSR count). The molecule has 1 unspecified atom stereocenters. The van der Waals surface area contributed by atoms with E-state index < -0.39 is 0 Å². The molecule has 0 saturated carbocycles. The first kappa shape index (κ1) is 13.1. The lowest BCUT2D eigenvalue weighted by Gasteiger charge is -2.24. The van der Waals surface area contributed by atoms with Gasteiger partial charge in [0.2, 0.25) is 5.91 Å². The highest BCUT2D eigenvalue weighted by molar-refractivity contribution is 5.80. The Hall–Kier alpha value is -1.35. The van der Waals surface area contributed by atoms with Crippen LogP contribution in [0.25, 0.3) is 0 Å². The molecule has 18 heavy (non-hydrogen) atoms. The average molecular weight is 246 g/mol. The van der Waals surface area contributed by atoms with E-state index in [2.05, 4.69) is 24.4 Å². The zero-order chi connectivity index (χ0) is 12.8. The number of nitrogens with one attached hydrogen (secondary N) is 1. The summed E-state index contributed by atoms with van der Waals surface area (Å²) in [5.41, 5.74) is 1.18. The first-order chi connectivity index (χ1) is 8.83. The molecule has 3 heteroatoms. The van der Waals surface area contributed by atoms with Gasteiger partial charge in [-0.05, 0) is 12.0 Å². The third kappa shape index (κ3) is 3.10. The van der Waals surface area contributed by atoms with Crippen molar-refractivity contribution in [2.24, 2.45) is 0 Å². The number of unbranched alkanes of at least 4 members (excludes halogenated alkanes) is 3. The van der Waals surface area contributed by atoms with Crippen molar-refractivity contribution in [1.29, 1.82) is 0 Å². The third-order valence-electron chi connectivity index (χ3n) is 3.45. The molecule has 0 bridgehead atoms. The molecule has 0 spiro atoms. The summed E-state index contributed by atoms with van der Waals surface area (Å²) in [5.74, 6) is 0.223. The maximum absolute atomic E-state index is 11.9. The molecule has 1 aromatic carbocycles. The Labute approximate surface area is 109 Å². The summed E-state index contributed by atoms with van der Waals surface area (Å²) in [5, 5.41) is 3.29. The van der Waals surface area contributed by atoms with E-state index in [1.165, 1.54) is 24.8 Å². The highest BCUT2D eigenvalue weighted by Crippen LogP contribution is 2.22. The van der Waals surface area contributed by atoms with Gasteiger partial charge in [-0.2, -0.15) is 0 Å². The summed E-state index contributed by atoms with van der Waals surface area (Å²) < 4.78 is 0. The Kier molecular flexibility index (Phi) is 4.76. The number of carbonyl (C=O) groups is 1. The van der Waals surface area contributed by atoms with Gasteiger partial charge in [-0.15, -0.1) is 0 Å². The van der Waals surface area contributed by atoms with Crippen LogP contribution in [0.15, 0.2) is 30.3 Å². The predicted octanol–water partition coefficient (Wildman–Crippen LogP) is 2.70.